The van der Waals surface area contributed by atoms with Gasteiger partial charge in [0.1, 0.15) is 0 Å². The highest BCUT2D eigenvalue weighted by Gasteiger charge is 2.19. The standard InChI is InChI=1S/C18H30N2/c1-4-16-8-7-11-20(13-16)14-18-10-6-5-9-17(18)12-19-15(2)3/h5-6,9-10,15-16,19H,4,7-8,11-14H2,1-3H3. The molecule has 1 aromatic rings. The maximum Gasteiger partial charge on any atom is 0.0237 e. The molecule has 1 saturated heterocycles. The third kappa shape index (κ3) is 4.60. The lowest BCUT2D eigenvalue weighted by Gasteiger charge is -2.32. The van der Waals surface area contributed by atoms with Crippen LogP contribution in [0.15, 0.2) is 24.3 Å². The molecule has 1 fully saturated rings. The van der Waals surface area contributed by atoms with Gasteiger partial charge in [-0.1, -0.05) is 51.5 Å². The minimum atomic E-state index is 0.544. The van der Waals surface area contributed by atoms with Crippen molar-refractivity contribution in [3.05, 3.63) is 35.4 Å². The van der Waals surface area contributed by atoms with Crippen molar-refractivity contribution in [3.8, 4) is 0 Å². The van der Waals surface area contributed by atoms with Crippen molar-refractivity contribution in [2.24, 2.45) is 5.92 Å². The molecule has 0 bridgehead atoms. The van der Waals surface area contributed by atoms with Crippen molar-refractivity contribution in [1.82, 2.24) is 10.2 Å². The Hall–Kier alpha value is -0.860. The van der Waals surface area contributed by atoms with Crippen LogP contribution in [0.2, 0.25) is 0 Å². The van der Waals surface area contributed by atoms with Crippen molar-refractivity contribution < 1.29 is 0 Å². The zero-order valence-electron chi connectivity index (χ0n) is 13.4. The van der Waals surface area contributed by atoms with Gasteiger partial charge in [-0.15, -0.1) is 0 Å². The normalized spacial score (nSPS) is 20.5. The first-order valence-corrected chi connectivity index (χ1v) is 8.21. The quantitative estimate of drug-likeness (QED) is 0.848. The number of hydrogen-bond acceptors (Lipinski definition) is 2. The summed E-state index contributed by atoms with van der Waals surface area (Å²) in [5, 5.41) is 3.54. The van der Waals surface area contributed by atoms with Crippen molar-refractivity contribution in [2.45, 2.75) is 59.2 Å². The molecule has 2 nitrogen and oxygen atoms in total. The topological polar surface area (TPSA) is 15.3 Å². The van der Waals surface area contributed by atoms with Gasteiger partial charge in [0.15, 0.2) is 0 Å². The Labute approximate surface area is 124 Å². The Morgan fingerprint density at radius 1 is 1.25 bits per heavy atom. The van der Waals surface area contributed by atoms with Gasteiger partial charge in [-0.3, -0.25) is 4.90 Å². The summed E-state index contributed by atoms with van der Waals surface area (Å²) in [5.41, 5.74) is 2.96. The molecule has 1 N–H and O–H groups in total. The summed E-state index contributed by atoms with van der Waals surface area (Å²) in [4.78, 5) is 2.64. The van der Waals surface area contributed by atoms with E-state index in [0.717, 1.165) is 19.0 Å². The van der Waals surface area contributed by atoms with E-state index in [9.17, 15) is 0 Å². The Morgan fingerprint density at radius 2 is 2.00 bits per heavy atom. The van der Waals surface area contributed by atoms with Crippen LogP contribution >= 0.6 is 0 Å². The van der Waals surface area contributed by atoms with Crippen LogP contribution in [0.4, 0.5) is 0 Å². The van der Waals surface area contributed by atoms with Gasteiger partial charge in [0, 0.05) is 25.7 Å². The second-order valence-corrected chi connectivity index (χ2v) is 6.46. The minimum Gasteiger partial charge on any atom is -0.310 e. The van der Waals surface area contributed by atoms with E-state index in [1.165, 1.54) is 43.5 Å². The molecule has 1 aliphatic heterocycles. The highest BCUT2D eigenvalue weighted by atomic mass is 15.1. The van der Waals surface area contributed by atoms with Gasteiger partial charge in [-0.2, -0.15) is 0 Å². The minimum absolute atomic E-state index is 0.544. The van der Waals surface area contributed by atoms with Gasteiger partial charge in [0.2, 0.25) is 0 Å². The summed E-state index contributed by atoms with van der Waals surface area (Å²) < 4.78 is 0. The monoisotopic (exact) mass is 274 g/mol. The van der Waals surface area contributed by atoms with Crippen molar-refractivity contribution in [2.75, 3.05) is 13.1 Å². The van der Waals surface area contributed by atoms with Crippen LogP contribution in [0.5, 0.6) is 0 Å². The highest BCUT2D eigenvalue weighted by molar-refractivity contribution is 5.27. The largest absolute Gasteiger partial charge is 0.310 e. The SMILES string of the molecule is CCC1CCCN(Cc2ccccc2CNC(C)C)C1. The third-order valence-electron chi connectivity index (χ3n) is 4.39. The predicted molar refractivity (Wildman–Crippen MR) is 86.7 cm³/mol. The molecule has 1 heterocycles. The molecule has 2 heteroatoms. The second kappa shape index (κ2) is 7.80. The molecule has 0 aliphatic carbocycles. The predicted octanol–water partition coefficient (Wildman–Crippen LogP) is 3.81. The van der Waals surface area contributed by atoms with Crippen molar-refractivity contribution >= 4 is 0 Å². The lowest BCUT2D eigenvalue weighted by Crippen LogP contribution is -2.35. The fourth-order valence-corrected chi connectivity index (χ4v) is 3.07. The van der Waals surface area contributed by atoms with E-state index in [2.05, 4.69) is 55.3 Å². The summed E-state index contributed by atoms with van der Waals surface area (Å²) in [6.45, 7) is 11.4. The molecule has 1 atom stereocenters. The number of piperidine rings is 1. The number of rotatable bonds is 6. The molecule has 20 heavy (non-hydrogen) atoms. The molecule has 1 unspecified atom stereocenters. The van der Waals surface area contributed by atoms with Gasteiger partial charge in [0.25, 0.3) is 0 Å². The molecule has 112 valence electrons. The fraction of sp³-hybridized carbons (Fsp3) is 0.667. The Balaban J connectivity index is 1.97. The average Bonchev–Trinajstić information content (AvgIpc) is 2.46. The molecular formula is C18H30N2. The Morgan fingerprint density at radius 3 is 2.70 bits per heavy atom. The smallest absolute Gasteiger partial charge is 0.0237 e. The second-order valence-electron chi connectivity index (χ2n) is 6.46. The summed E-state index contributed by atoms with van der Waals surface area (Å²) in [7, 11) is 0. The zero-order valence-corrected chi connectivity index (χ0v) is 13.4. The average molecular weight is 274 g/mol. The molecule has 0 saturated carbocycles. The summed E-state index contributed by atoms with van der Waals surface area (Å²) in [5.74, 6) is 0.907. The molecule has 0 radical (unpaired) electrons. The first-order chi connectivity index (χ1) is 9.69. The lowest BCUT2D eigenvalue weighted by atomic mass is 9.95. The van der Waals surface area contributed by atoms with E-state index in [0.29, 0.717) is 6.04 Å². The van der Waals surface area contributed by atoms with Gasteiger partial charge in [-0.25, -0.2) is 0 Å². The van der Waals surface area contributed by atoms with Crippen LogP contribution in [0, 0.1) is 5.92 Å². The zero-order chi connectivity index (χ0) is 14.4. The molecular weight excluding hydrogens is 244 g/mol. The number of nitrogens with one attached hydrogen (secondary N) is 1. The van der Waals surface area contributed by atoms with Gasteiger partial charge in [0.05, 0.1) is 0 Å². The van der Waals surface area contributed by atoms with Crippen LogP contribution in [0.1, 0.15) is 51.2 Å². The number of nitrogens with zero attached hydrogens (tertiary/aromatic N) is 1. The number of likely N-dealkylation sites (tertiary alicyclic amines) is 1. The van der Waals surface area contributed by atoms with Gasteiger partial charge >= 0.3 is 0 Å². The van der Waals surface area contributed by atoms with E-state index in [4.69, 9.17) is 0 Å². The van der Waals surface area contributed by atoms with Crippen LogP contribution in [-0.4, -0.2) is 24.0 Å². The number of benzene rings is 1. The Kier molecular flexibility index (Phi) is 6.06. The molecule has 1 aliphatic rings. The first kappa shape index (κ1) is 15.5. The maximum absolute atomic E-state index is 3.54. The molecule has 0 spiro atoms. The van der Waals surface area contributed by atoms with Gasteiger partial charge < -0.3 is 5.32 Å². The molecule has 0 amide bonds. The molecule has 1 aromatic carbocycles. The Bertz CT molecular complexity index is 400. The maximum atomic E-state index is 3.54. The van der Waals surface area contributed by atoms with Crippen molar-refractivity contribution in [3.63, 3.8) is 0 Å². The van der Waals surface area contributed by atoms with Crippen LogP contribution < -0.4 is 5.32 Å². The summed E-state index contributed by atoms with van der Waals surface area (Å²) in [6.07, 6.45) is 4.11. The van der Waals surface area contributed by atoms with Crippen molar-refractivity contribution in [1.29, 1.82) is 0 Å². The van der Waals surface area contributed by atoms with E-state index in [1.54, 1.807) is 0 Å². The third-order valence-corrected chi connectivity index (χ3v) is 4.39. The first-order valence-electron chi connectivity index (χ1n) is 8.21. The van der Waals surface area contributed by atoms with E-state index in [1.807, 2.05) is 0 Å². The summed E-state index contributed by atoms with van der Waals surface area (Å²) >= 11 is 0. The highest BCUT2D eigenvalue weighted by Crippen LogP contribution is 2.21. The van der Waals surface area contributed by atoms with E-state index in [-0.39, 0.29) is 0 Å². The fourth-order valence-electron chi connectivity index (χ4n) is 3.07. The summed E-state index contributed by atoms with van der Waals surface area (Å²) in [6, 6.07) is 9.45. The van der Waals surface area contributed by atoms with E-state index >= 15 is 0 Å². The van der Waals surface area contributed by atoms with E-state index < -0.39 is 0 Å². The van der Waals surface area contributed by atoms with Crippen LogP contribution in [-0.2, 0) is 13.1 Å². The van der Waals surface area contributed by atoms with Gasteiger partial charge in [-0.05, 0) is 36.4 Å². The lowest BCUT2D eigenvalue weighted by molar-refractivity contribution is 0.164. The molecule has 0 aromatic heterocycles. The van der Waals surface area contributed by atoms with Crippen LogP contribution in [0.25, 0.3) is 0 Å². The number of hydrogen-bond donors (Lipinski definition) is 1. The van der Waals surface area contributed by atoms with Crippen LogP contribution in [0.3, 0.4) is 0 Å². The molecule has 2 rings (SSSR count).